The number of nitrogens with one attached hydrogen (secondary N) is 2. The number of carboxylic acids is 1. The third-order valence-corrected chi connectivity index (χ3v) is 2.72. The summed E-state index contributed by atoms with van der Waals surface area (Å²) in [5, 5.41) is 8.42. The Balaban J connectivity index is 2.46. The van der Waals surface area contributed by atoms with Crippen LogP contribution in [-0.4, -0.2) is 22.9 Å². The summed E-state index contributed by atoms with van der Waals surface area (Å²) in [6.45, 7) is 4.11. The number of amides is 2. The maximum atomic E-state index is 11.7. The van der Waals surface area contributed by atoms with Gasteiger partial charge in [0, 0.05) is 12.0 Å². The molecule has 0 atom stereocenters. The van der Waals surface area contributed by atoms with E-state index in [1.165, 1.54) is 0 Å². The van der Waals surface area contributed by atoms with E-state index in [1.807, 2.05) is 12.1 Å². The third-order valence-electron chi connectivity index (χ3n) is 2.72. The van der Waals surface area contributed by atoms with Gasteiger partial charge in [0.25, 0.3) is 5.91 Å². The summed E-state index contributed by atoms with van der Waals surface area (Å²) in [6.07, 6.45) is -0.452. The molecule has 0 bridgehead atoms. The van der Waals surface area contributed by atoms with Crippen LogP contribution in [0.3, 0.4) is 0 Å². The van der Waals surface area contributed by atoms with E-state index in [4.69, 9.17) is 5.11 Å². The molecule has 0 aliphatic rings. The van der Waals surface area contributed by atoms with Gasteiger partial charge in [-0.15, -0.1) is 0 Å². The van der Waals surface area contributed by atoms with Crippen LogP contribution in [0.5, 0.6) is 0 Å². The van der Waals surface area contributed by atoms with Gasteiger partial charge >= 0.3 is 5.97 Å². The van der Waals surface area contributed by atoms with Gasteiger partial charge in [-0.3, -0.25) is 25.2 Å². The minimum atomic E-state index is -1.06. The number of rotatable bonds is 5. The molecular weight excluding hydrogens is 260 g/mol. The zero-order valence-corrected chi connectivity index (χ0v) is 11.5. The van der Waals surface area contributed by atoms with E-state index >= 15 is 0 Å². The summed E-state index contributed by atoms with van der Waals surface area (Å²) in [7, 11) is 0. The van der Waals surface area contributed by atoms with Crippen LogP contribution in [0.2, 0.25) is 0 Å². The SMILES string of the molecule is CC(C)c1ccc(C(=O)NNC(=O)CCC(=O)O)cc1. The first kappa shape index (κ1) is 15.7. The molecular formula is C14H18N2O4. The summed E-state index contributed by atoms with van der Waals surface area (Å²) < 4.78 is 0. The van der Waals surface area contributed by atoms with Crippen LogP contribution >= 0.6 is 0 Å². The van der Waals surface area contributed by atoms with Gasteiger partial charge in [0.15, 0.2) is 0 Å². The molecule has 0 saturated heterocycles. The highest BCUT2D eigenvalue weighted by atomic mass is 16.4. The first-order chi connectivity index (χ1) is 9.40. The monoisotopic (exact) mass is 278 g/mol. The first-order valence-corrected chi connectivity index (χ1v) is 6.31. The van der Waals surface area contributed by atoms with E-state index in [9.17, 15) is 14.4 Å². The van der Waals surface area contributed by atoms with E-state index in [1.54, 1.807) is 12.1 Å². The molecule has 2 amide bonds. The van der Waals surface area contributed by atoms with Crippen LogP contribution in [-0.2, 0) is 9.59 Å². The summed E-state index contributed by atoms with van der Waals surface area (Å²) >= 11 is 0. The van der Waals surface area contributed by atoms with Crippen molar-refractivity contribution in [2.45, 2.75) is 32.6 Å². The summed E-state index contributed by atoms with van der Waals surface area (Å²) in [4.78, 5) is 33.2. The molecule has 0 heterocycles. The minimum absolute atomic E-state index is 0.179. The van der Waals surface area contributed by atoms with Gasteiger partial charge < -0.3 is 5.11 Å². The van der Waals surface area contributed by atoms with Gasteiger partial charge in [0.05, 0.1) is 6.42 Å². The van der Waals surface area contributed by atoms with Gasteiger partial charge in [-0.25, -0.2) is 0 Å². The molecule has 6 nitrogen and oxygen atoms in total. The highest BCUT2D eigenvalue weighted by Gasteiger charge is 2.09. The van der Waals surface area contributed by atoms with Gasteiger partial charge in [-0.2, -0.15) is 0 Å². The molecule has 3 N–H and O–H groups in total. The molecule has 1 aromatic carbocycles. The summed E-state index contributed by atoms with van der Waals surface area (Å²) in [6, 6.07) is 7.06. The fourth-order valence-electron chi connectivity index (χ4n) is 1.50. The predicted octanol–water partition coefficient (Wildman–Crippen LogP) is 1.44. The number of hydrogen-bond acceptors (Lipinski definition) is 3. The van der Waals surface area contributed by atoms with Gasteiger partial charge in [-0.05, 0) is 23.6 Å². The lowest BCUT2D eigenvalue weighted by molar-refractivity contribution is -0.138. The molecule has 1 aromatic rings. The molecule has 0 aliphatic heterocycles. The van der Waals surface area contributed by atoms with Crippen LogP contribution in [0.25, 0.3) is 0 Å². The molecule has 0 radical (unpaired) electrons. The lowest BCUT2D eigenvalue weighted by Gasteiger charge is -2.08. The molecule has 0 unspecified atom stereocenters. The average Bonchev–Trinajstić information content (AvgIpc) is 2.42. The molecule has 6 heteroatoms. The molecule has 0 aromatic heterocycles. The number of carbonyl (C=O) groups is 3. The maximum Gasteiger partial charge on any atom is 0.303 e. The van der Waals surface area contributed by atoms with Crippen molar-refractivity contribution in [1.29, 1.82) is 0 Å². The maximum absolute atomic E-state index is 11.7. The van der Waals surface area contributed by atoms with Crippen molar-refractivity contribution >= 4 is 17.8 Å². The lowest BCUT2D eigenvalue weighted by atomic mass is 10.0. The second-order valence-electron chi connectivity index (χ2n) is 4.67. The van der Waals surface area contributed by atoms with Crippen LogP contribution in [0, 0.1) is 0 Å². The van der Waals surface area contributed by atoms with Crippen molar-refractivity contribution in [2.75, 3.05) is 0 Å². The molecule has 20 heavy (non-hydrogen) atoms. The smallest absolute Gasteiger partial charge is 0.303 e. The second kappa shape index (κ2) is 7.28. The van der Waals surface area contributed by atoms with Crippen molar-refractivity contribution in [3.8, 4) is 0 Å². The largest absolute Gasteiger partial charge is 0.481 e. The van der Waals surface area contributed by atoms with Crippen LogP contribution in [0.15, 0.2) is 24.3 Å². The van der Waals surface area contributed by atoms with Crippen LogP contribution < -0.4 is 10.9 Å². The number of carboxylic acid groups (broad SMARTS) is 1. The van der Waals surface area contributed by atoms with Gasteiger partial charge in [0.1, 0.15) is 0 Å². The Bertz CT molecular complexity index is 494. The summed E-state index contributed by atoms with van der Waals surface area (Å²) in [5.74, 6) is -1.66. The van der Waals surface area contributed by atoms with E-state index in [2.05, 4.69) is 24.7 Å². The highest BCUT2D eigenvalue weighted by Crippen LogP contribution is 2.14. The standard InChI is InChI=1S/C14H18N2O4/c1-9(2)10-3-5-11(6-4-10)14(20)16-15-12(17)7-8-13(18)19/h3-6,9H,7-8H2,1-2H3,(H,15,17)(H,16,20)(H,18,19). The fourth-order valence-corrected chi connectivity index (χ4v) is 1.50. The minimum Gasteiger partial charge on any atom is -0.481 e. The predicted molar refractivity (Wildman–Crippen MR) is 73.0 cm³/mol. The van der Waals surface area contributed by atoms with Crippen molar-refractivity contribution in [1.82, 2.24) is 10.9 Å². The van der Waals surface area contributed by atoms with E-state index in [-0.39, 0.29) is 12.8 Å². The third kappa shape index (κ3) is 5.09. The normalized spacial score (nSPS) is 10.2. The van der Waals surface area contributed by atoms with Crippen molar-refractivity contribution in [2.24, 2.45) is 0 Å². The zero-order chi connectivity index (χ0) is 15.1. The van der Waals surface area contributed by atoms with E-state index < -0.39 is 17.8 Å². The molecule has 0 spiro atoms. The Kier molecular flexibility index (Phi) is 5.71. The fraction of sp³-hybridized carbons (Fsp3) is 0.357. The Hall–Kier alpha value is -2.37. The molecule has 108 valence electrons. The van der Waals surface area contributed by atoms with Crippen molar-refractivity contribution < 1.29 is 19.5 Å². The number of hydrogen-bond donors (Lipinski definition) is 3. The molecule has 0 saturated carbocycles. The van der Waals surface area contributed by atoms with Crippen molar-refractivity contribution in [3.63, 3.8) is 0 Å². The Labute approximate surface area is 117 Å². The molecule has 1 rings (SSSR count). The summed E-state index contributed by atoms with van der Waals surface area (Å²) in [5.41, 5.74) is 5.95. The molecule has 0 fully saturated rings. The van der Waals surface area contributed by atoms with Crippen LogP contribution in [0.1, 0.15) is 48.5 Å². The van der Waals surface area contributed by atoms with Gasteiger partial charge in [-0.1, -0.05) is 26.0 Å². The topological polar surface area (TPSA) is 95.5 Å². The first-order valence-electron chi connectivity index (χ1n) is 6.31. The van der Waals surface area contributed by atoms with E-state index in [0.717, 1.165) is 5.56 Å². The second-order valence-corrected chi connectivity index (χ2v) is 4.67. The van der Waals surface area contributed by atoms with Gasteiger partial charge in [0.2, 0.25) is 5.91 Å². The number of hydrazine groups is 1. The van der Waals surface area contributed by atoms with Crippen molar-refractivity contribution in [3.05, 3.63) is 35.4 Å². The van der Waals surface area contributed by atoms with Crippen LogP contribution in [0.4, 0.5) is 0 Å². The quantitative estimate of drug-likeness (QED) is 0.710. The number of carbonyl (C=O) groups excluding carboxylic acids is 2. The van der Waals surface area contributed by atoms with E-state index in [0.29, 0.717) is 11.5 Å². The molecule has 0 aliphatic carbocycles. The zero-order valence-electron chi connectivity index (χ0n) is 11.5. The highest BCUT2D eigenvalue weighted by molar-refractivity contribution is 5.95. The lowest BCUT2D eigenvalue weighted by Crippen LogP contribution is -2.41. The Morgan fingerprint density at radius 2 is 1.65 bits per heavy atom. The Morgan fingerprint density at radius 1 is 1.05 bits per heavy atom. The average molecular weight is 278 g/mol. The Morgan fingerprint density at radius 3 is 2.15 bits per heavy atom. The number of benzene rings is 1. The number of aliphatic carboxylic acids is 1.